The lowest BCUT2D eigenvalue weighted by Crippen LogP contribution is -2.28. The van der Waals surface area contributed by atoms with E-state index in [-0.39, 0.29) is 22.7 Å². The number of carbonyl (C=O) groups is 1. The van der Waals surface area contributed by atoms with Crippen molar-refractivity contribution in [2.75, 3.05) is 44.3 Å². The number of nitrogens with one attached hydrogen (secondary N) is 1. The zero-order chi connectivity index (χ0) is 21.1. The summed E-state index contributed by atoms with van der Waals surface area (Å²) in [6.45, 7) is 0. The highest BCUT2D eigenvalue weighted by Crippen LogP contribution is 2.36. The van der Waals surface area contributed by atoms with Gasteiger partial charge in [0.1, 0.15) is 5.75 Å². The summed E-state index contributed by atoms with van der Waals surface area (Å²) in [5, 5.41) is 3.09. The number of hydrogen-bond acceptors (Lipinski definition) is 6. The van der Waals surface area contributed by atoms with Crippen LogP contribution >= 0.6 is 11.6 Å². The molecule has 10 heteroatoms. The molecular formula is C18H21ClN2O6S. The molecule has 8 nitrogen and oxygen atoms in total. The smallest absolute Gasteiger partial charge is 0.258 e. The number of hydrogen-bond donors (Lipinski definition) is 1. The van der Waals surface area contributed by atoms with E-state index in [9.17, 15) is 13.2 Å². The van der Waals surface area contributed by atoms with Crippen molar-refractivity contribution in [3.05, 3.63) is 40.9 Å². The minimum Gasteiger partial charge on any atom is -0.495 e. The van der Waals surface area contributed by atoms with Crippen LogP contribution in [0.5, 0.6) is 17.2 Å². The van der Waals surface area contributed by atoms with Crippen molar-refractivity contribution in [1.29, 1.82) is 0 Å². The molecule has 0 atom stereocenters. The van der Waals surface area contributed by atoms with Gasteiger partial charge in [0.2, 0.25) is 10.0 Å². The van der Waals surface area contributed by atoms with Crippen LogP contribution in [0.4, 0.5) is 11.4 Å². The summed E-state index contributed by atoms with van der Waals surface area (Å²) >= 11 is 6.00. The van der Waals surface area contributed by atoms with Crippen molar-refractivity contribution in [1.82, 2.24) is 0 Å². The van der Waals surface area contributed by atoms with Crippen LogP contribution in [0.25, 0.3) is 0 Å². The summed E-state index contributed by atoms with van der Waals surface area (Å²) in [5.74, 6) is 0.379. The third-order valence-electron chi connectivity index (χ3n) is 3.99. The Morgan fingerprint density at radius 1 is 1.00 bits per heavy atom. The van der Waals surface area contributed by atoms with Gasteiger partial charge in [0, 0.05) is 18.1 Å². The summed E-state index contributed by atoms with van der Waals surface area (Å²) in [4.78, 5) is 13.0. The van der Waals surface area contributed by atoms with Crippen molar-refractivity contribution in [3.63, 3.8) is 0 Å². The molecule has 0 spiro atoms. The van der Waals surface area contributed by atoms with E-state index in [0.29, 0.717) is 16.5 Å². The number of ether oxygens (including phenoxy) is 3. The predicted molar refractivity (Wildman–Crippen MR) is 109 cm³/mol. The van der Waals surface area contributed by atoms with E-state index in [4.69, 9.17) is 25.8 Å². The van der Waals surface area contributed by atoms with E-state index in [2.05, 4.69) is 5.32 Å². The highest BCUT2D eigenvalue weighted by Gasteiger charge is 2.24. The fourth-order valence-electron chi connectivity index (χ4n) is 2.46. The number of sulfonamides is 1. The van der Waals surface area contributed by atoms with Crippen LogP contribution in [-0.4, -0.2) is 49.0 Å². The lowest BCUT2D eigenvalue weighted by atomic mass is 10.1. The number of methoxy groups -OCH3 is 3. The fraction of sp³-hybridized carbons (Fsp3) is 0.278. The molecule has 0 aromatic heterocycles. The van der Waals surface area contributed by atoms with E-state index in [1.165, 1.54) is 46.6 Å². The molecule has 0 aliphatic carbocycles. The van der Waals surface area contributed by atoms with E-state index < -0.39 is 15.9 Å². The summed E-state index contributed by atoms with van der Waals surface area (Å²) in [5.41, 5.74) is 0.522. The Balaban J connectivity index is 2.59. The van der Waals surface area contributed by atoms with Crippen LogP contribution in [0.1, 0.15) is 10.4 Å². The van der Waals surface area contributed by atoms with E-state index in [1.54, 1.807) is 12.1 Å². The first-order valence-corrected chi connectivity index (χ1v) is 10.2. The lowest BCUT2D eigenvalue weighted by molar-refractivity contribution is 0.102. The first kappa shape index (κ1) is 21.6. The van der Waals surface area contributed by atoms with Crippen LogP contribution in [-0.2, 0) is 10.0 Å². The van der Waals surface area contributed by atoms with Gasteiger partial charge < -0.3 is 19.5 Å². The van der Waals surface area contributed by atoms with Crippen molar-refractivity contribution in [3.8, 4) is 17.2 Å². The van der Waals surface area contributed by atoms with Crippen LogP contribution in [0.2, 0.25) is 5.02 Å². The Kier molecular flexibility index (Phi) is 6.63. The highest BCUT2D eigenvalue weighted by atomic mass is 35.5. The molecule has 0 fully saturated rings. The second kappa shape index (κ2) is 8.57. The molecule has 1 N–H and O–H groups in total. The number of nitrogens with zero attached hydrogens (tertiary/aromatic N) is 1. The average Bonchev–Trinajstić information content (AvgIpc) is 2.65. The Morgan fingerprint density at radius 3 is 2.11 bits per heavy atom. The van der Waals surface area contributed by atoms with Gasteiger partial charge in [-0.15, -0.1) is 0 Å². The molecule has 0 bridgehead atoms. The van der Waals surface area contributed by atoms with E-state index >= 15 is 0 Å². The molecule has 0 unspecified atom stereocenters. The fourth-order valence-corrected chi connectivity index (χ4v) is 3.14. The summed E-state index contributed by atoms with van der Waals surface area (Å²) in [6, 6.07) is 7.58. The highest BCUT2D eigenvalue weighted by molar-refractivity contribution is 7.92. The Labute approximate surface area is 169 Å². The molecule has 152 valence electrons. The molecule has 0 aliphatic rings. The number of benzene rings is 2. The van der Waals surface area contributed by atoms with Gasteiger partial charge in [-0.3, -0.25) is 9.10 Å². The largest absolute Gasteiger partial charge is 0.495 e. The lowest BCUT2D eigenvalue weighted by Gasteiger charge is -2.22. The van der Waals surface area contributed by atoms with Crippen molar-refractivity contribution >= 4 is 38.9 Å². The Bertz CT molecular complexity index is 994. The van der Waals surface area contributed by atoms with Crippen LogP contribution in [0.3, 0.4) is 0 Å². The van der Waals surface area contributed by atoms with Crippen molar-refractivity contribution in [2.45, 2.75) is 0 Å². The number of amides is 1. The minimum atomic E-state index is -3.64. The maximum absolute atomic E-state index is 13.0. The topological polar surface area (TPSA) is 94.2 Å². The molecule has 2 rings (SSSR count). The maximum Gasteiger partial charge on any atom is 0.258 e. The molecule has 2 aromatic rings. The van der Waals surface area contributed by atoms with Gasteiger partial charge in [-0.25, -0.2) is 8.42 Å². The van der Waals surface area contributed by atoms with Gasteiger partial charge >= 0.3 is 0 Å². The van der Waals surface area contributed by atoms with Gasteiger partial charge in [-0.05, 0) is 24.3 Å². The van der Waals surface area contributed by atoms with Gasteiger partial charge in [-0.2, -0.15) is 0 Å². The zero-order valence-corrected chi connectivity index (χ0v) is 17.6. The second-order valence-electron chi connectivity index (χ2n) is 5.75. The van der Waals surface area contributed by atoms with E-state index in [1.807, 2.05) is 0 Å². The predicted octanol–water partition coefficient (Wildman–Crippen LogP) is 3.01. The molecule has 2 aromatic carbocycles. The van der Waals surface area contributed by atoms with Crippen LogP contribution in [0, 0.1) is 0 Å². The standard InChI is InChI=1S/C18H21ClN2O6S/c1-21(28(5,23)24)14-10-17(27-4)16(26-3)9-12(14)18(22)20-13-8-11(19)6-7-15(13)25-2/h6-10H,1-5H3,(H,20,22). The first-order chi connectivity index (χ1) is 13.1. The summed E-state index contributed by atoms with van der Waals surface area (Å²) in [7, 11) is 1.99. The SMILES string of the molecule is COc1ccc(Cl)cc1NC(=O)c1cc(OC)c(OC)cc1N(C)S(C)(=O)=O. The van der Waals surface area contributed by atoms with Crippen LogP contribution < -0.4 is 23.8 Å². The summed E-state index contributed by atoms with van der Waals surface area (Å²) in [6.07, 6.45) is 1.03. The molecule has 28 heavy (non-hydrogen) atoms. The Morgan fingerprint density at radius 2 is 1.57 bits per heavy atom. The van der Waals surface area contributed by atoms with Crippen molar-refractivity contribution < 1.29 is 27.4 Å². The molecule has 0 saturated carbocycles. The number of rotatable bonds is 7. The normalized spacial score (nSPS) is 10.9. The number of anilines is 2. The van der Waals surface area contributed by atoms with Crippen LogP contribution in [0.15, 0.2) is 30.3 Å². The monoisotopic (exact) mass is 428 g/mol. The van der Waals surface area contributed by atoms with E-state index in [0.717, 1.165) is 10.6 Å². The van der Waals surface area contributed by atoms with Gasteiger partial charge in [-0.1, -0.05) is 11.6 Å². The Hall–Kier alpha value is -2.65. The third kappa shape index (κ3) is 4.60. The van der Waals surface area contributed by atoms with Crippen molar-refractivity contribution in [2.24, 2.45) is 0 Å². The zero-order valence-electron chi connectivity index (χ0n) is 16.1. The van der Waals surface area contributed by atoms with Gasteiger partial charge in [0.05, 0.1) is 44.5 Å². The van der Waals surface area contributed by atoms with Gasteiger partial charge in [0.15, 0.2) is 11.5 Å². The molecule has 0 saturated heterocycles. The second-order valence-corrected chi connectivity index (χ2v) is 8.20. The maximum atomic E-state index is 13.0. The van der Waals surface area contributed by atoms with Gasteiger partial charge in [0.25, 0.3) is 5.91 Å². The number of carbonyl (C=O) groups excluding carboxylic acids is 1. The number of halogens is 1. The molecule has 0 radical (unpaired) electrons. The average molecular weight is 429 g/mol. The first-order valence-electron chi connectivity index (χ1n) is 7.97. The minimum absolute atomic E-state index is 0.0626. The molecule has 0 heterocycles. The third-order valence-corrected chi connectivity index (χ3v) is 5.42. The molecular weight excluding hydrogens is 408 g/mol. The molecule has 1 amide bonds. The summed E-state index contributed by atoms with van der Waals surface area (Å²) < 4.78 is 40.8. The quantitative estimate of drug-likeness (QED) is 0.728. The molecule has 0 aliphatic heterocycles.